The highest BCUT2D eigenvalue weighted by molar-refractivity contribution is 5.80. The molecule has 1 unspecified atom stereocenters. The zero-order chi connectivity index (χ0) is 14.4. The first kappa shape index (κ1) is 15.4. The van der Waals surface area contributed by atoms with Crippen LogP contribution in [-0.2, 0) is 16.1 Å². The van der Waals surface area contributed by atoms with Crippen molar-refractivity contribution in [1.29, 1.82) is 0 Å². The number of alkyl halides is 2. The summed E-state index contributed by atoms with van der Waals surface area (Å²) in [6.07, 6.45) is -0.508. The molecule has 0 fully saturated rings. The quantitative estimate of drug-likeness (QED) is 0.798. The van der Waals surface area contributed by atoms with Crippen LogP contribution in [0.1, 0.15) is 12.5 Å². The highest BCUT2D eigenvalue weighted by Crippen LogP contribution is 2.16. The van der Waals surface area contributed by atoms with Gasteiger partial charge in [-0.05, 0) is 24.6 Å². The first-order valence-corrected chi connectivity index (χ1v) is 5.75. The fraction of sp³-hybridized carbons (Fsp3) is 0.462. The van der Waals surface area contributed by atoms with Crippen LogP contribution in [0.3, 0.4) is 0 Å². The molecule has 106 valence electrons. The second kappa shape index (κ2) is 7.04. The fourth-order valence-corrected chi connectivity index (χ4v) is 1.54. The van der Waals surface area contributed by atoms with E-state index in [4.69, 9.17) is 4.74 Å². The van der Waals surface area contributed by atoms with Gasteiger partial charge in [-0.3, -0.25) is 4.79 Å². The number of ether oxygens (including phenoxy) is 2. The molecular formula is C13H17F2NO3. The highest BCUT2D eigenvalue weighted by atomic mass is 19.3. The zero-order valence-electron chi connectivity index (χ0n) is 11.1. The van der Waals surface area contributed by atoms with Crippen LogP contribution in [0.15, 0.2) is 24.3 Å². The lowest BCUT2D eigenvalue weighted by atomic mass is 10.2. The summed E-state index contributed by atoms with van der Waals surface area (Å²) in [5.74, 6) is -0.0478. The van der Waals surface area contributed by atoms with Crippen LogP contribution in [-0.4, -0.2) is 37.7 Å². The summed E-state index contributed by atoms with van der Waals surface area (Å²) >= 11 is 0. The van der Waals surface area contributed by atoms with Crippen molar-refractivity contribution in [2.24, 2.45) is 0 Å². The van der Waals surface area contributed by atoms with Gasteiger partial charge in [-0.15, -0.1) is 0 Å². The number of hydrogen-bond donors (Lipinski definition) is 0. The molecule has 1 amide bonds. The Kier molecular flexibility index (Phi) is 5.69. The Morgan fingerprint density at radius 3 is 2.37 bits per heavy atom. The highest BCUT2D eigenvalue weighted by Gasteiger charge is 2.16. The molecule has 0 radical (unpaired) electrons. The van der Waals surface area contributed by atoms with Gasteiger partial charge in [-0.25, -0.2) is 0 Å². The lowest BCUT2D eigenvalue weighted by Gasteiger charge is -2.20. The van der Waals surface area contributed by atoms with E-state index < -0.39 is 12.7 Å². The smallest absolute Gasteiger partial charge is 0.387 e. The topological polar surface area (TPSA) is 38.8 Å². The van der Waals surface area contributed by atoms with Crippen LogP contribution < -0.4 is 4.74 Å². The lowest BCUT2D eigenvalue weighted by molar-refractivity contribution is -0.140. The average molecular weight is 273 g/mol. The Labute approximate surface area is 110 Å². The maximum Gasteiger partial charge on any atom is 0.387 e. The minimum Gasteiger partial charge on any atom is -0.435 e. The van der Waals surface area contributed by atoms with Crippen LogP contribution in [0.4, 0.5) is 8.78 Å². The van der Waals surface area contributed by atoms with Crippen LogP contribution in [0, 0.1) is 0 Å². The molecule has 0 aliphatic carbocycles. The monoisotopic (exact) mass is 273 g/mol. The molecule has 0 heterocycles. The number of rotatable bonds is 6. The molecule has 0 N–H and O–H groups in total. The Morgan fingerprint density at radius 1 is 1.32 bits per heavy atom. The Morgan fingerprint density at radius 2 is 1.89 bits per heavy atom. The number of methoxy groups -OCH3 is 1. The molecule has 1 rings (SSSR count). The number of nitrogens with zero attached hydrogens (tertiary/aromatic N) is 1. The van der Waals surface area contributed by atoms with E-state index in [1.807, 2.05) is 0 Å². The van der Waals surface area contributed by atoms with E-state index in [1.165, 1.54) is 24.1 Å². The number of amides is 1. The summed E-state index contributed by atoms with van der Waals surface area (Å²) in [4.78, 5) is 13.3. The van der Waals surface area contributed by atoms with Crippen molar-refractivity contribution >= 4 is 5.91 Å². The summed E-state index contributed by atoms with van der Waals surface area (Å²) in [7, 11) is 3.12. The summed E-state index contributed by atoms with van der Waals surface area (Å²) in [6.45, 7) is -0.794. The third-order valence-corrected chi connectivity index (χ3v) is 2.65. The van der Waals surface area contributed by atoms with Gasteiger partial charge in [0, 0.05) is 20.7 Å². The molecule has 0 bridgehead atoms. The molecule has 0 aliphatic rings. The molecule has 0 spiro atoms. The van der Waals surface area contributed by atoms with E-state index in [1.54, 1.807) is 26.1 Å². The van der Waals surface area contributed by atoms with E-state index >= 15 is 0 Å². The van der Waals surface area contributed by atoms with Crippen molar-refractivity contribution in [3.05, 3.63) is 29.8 Å². The van der Waals surface area contributed by atoms with Crippen molar-refractivity contribution in [3.8, 4) is 5.75 Å². The molecule has 4 nitrogen and oxygen atoms in total. The van der Waals surface area contributed by atoms with E-state index in [0.717, 1.165) is 5.56 Å². The standard InChI is InChI=1S/C13H17F2NO3/c1-9(18-3)12(17)16(2)8-10-4-6-11(7-5-10)19-13(14)15/h4-7,9,13H,8H2,1-3H3. The van der Waals surface area contributed by atoms with Gasteiger partial charge in [0.25, 0.3) is 5.91 Å². The minimum absolute atomic E-state index is 0.0954. The summed E-state index contributed by atoms with van der Waals surface area (Å²) in [5.41, 5.74) is 0.820. The number of likely N-dealkylation sites (N-methyl/N-ethyl adjacent to an activating group) is 1. The number of benzene rings is 1. The van der Waals surface area contributed by atoms with Crippen molar-refractivity contribution in [3.63, 3.8) is 0 Å². The normalized spacial score (nSPS) is 12.3. The van der Waals surface area contributed by atoms with Crippen molar-refractivity contribution < 1.29 is 23.0 Å². The first-order valence-electron chi connectivity index (χ1n) is 5.75. The largest absolute Gasteiger partial charge is 0.435 e. The van der Waals surface area contributed by atoms with Crippen molar-refractivity contribution in [2.45, 2.75) is 26.2 Å². The van der Waals surface area contributed by atoms with Gasteiger partial charge in [0.1, 0.15) is 11.9 Å². The molecule has 0 saturated heterocycles. The minimum atomic E-state index is -2.84. The lowest BCUT2D eigenvalue weighted by Crippen LogP contribution is -2.35. The van der Waals surface area contributed by atoms with Crippen LogP contribution in [0.5, 0.6) is 5.75 Å². The van der Waals surface area contributed by atoms with Crippen molar-refractivity contribution in [1.82, 2.24) is 4.90 Å². The van der Waals surface area contributed by atoms with Crippen LogP contribution in [0.2, 0.25) is 0 Å². The molecule has 6 heteroatoms. The van der Waals surface area contributed by atoms with Crippen LogP contribution in [0.25, 0.3) is 0 Å². The number of carbonyl (C=O) groups is 1. The summed E-state index contributed by atoms with van der Waals surface area (Å²) in [6, 6.07) is 6.16. The fourth-order valence-electron chi connectivity index (χ4n) is 1.54. The second-order valence-corrected chi connectivity index (χ2v) is 4.09. The van der Waals surface area contributed by atoms with Gasteiger partial charge >= 0.3 is 6.61 Å². The molecule has 19 heavy (non-hydrogen) atoms. The molecule has 0 aromatic heterocycles. The number of carbonyl (C=O) groups excluding carboxylic acids is 1. The van der Waals surface area contributed by atoms with E-state index in [0.29, 0.717) is 6.54 Å². The van der Waals surface area contributed by atoms with Gasteiger partial charge in [0.2, 0.25) is 0 Å². The SMILES string of the molecule is COC(C)C(=O)N(C)Cc1ccc(OC(F)F)cc1. The van der Waals surface area contributed by atoms with Gasteiger partial charge in [-0.2, -0.15) is 8.78 Å². The molecule has 0 aliphatic heterocycles. The van der Waals surface area contributed by atoms with E-state index in [2.05, 4.69) is 4.74 Å². The molecule has 1 aromatic rings. The van der Waals surface area contributed by atoms with Crippen molar-refractivity contribution in [2.75, 3.05) is 14.2 Å². The Bertz CT molecular complexity index is 409. The number of hydrogen-bond acceptors (Lipinski definition) is 3. The maximum atomic E-state index is 12.0. The Hall–Kier alpha value is -1.69. The molecular weight excluding hydrogens is 256 g/mol. The average Bonchev–Trinajstić information content (AvgIpc) is 2.38. The predicted octanol–water partition coefficient (Wildman–Crippen LogP) is 2.28. The van der Waals surface area contributed by atoms with Gasteiger partial charge in [-0.1, -0.05) is 12.1 Å². The molecule has 0 saturated carbocycles. The Balaban J connectivity index is 2.60. The molecule has 1 atom stereocenters. The van der Waals surface area contributed by atoms with Gasteiger partial charge in [0.05, 0.1) is 0 Å². The predicted molar refractivity (Wildman–Crippen MR) is 66.0 cm³/mol. The van der Waals surface area contributed by atoms with Gasteiger partial charge < -0.3 is 14.4 Å². The summed E-state index contributed by atoms with van der Waals surface area (Å²) in [5, 5.41) is 0. The third-order valence-electron chi connectivity index (χ3n) is 2.65. The number of halogens is 2. The summed E-state index contributed by atoms with van der Waals surface area (Å²) < 4.78 is 33.1. The second-order valence-electron chi connectivity index (χ2n) is 4.09. The maximum absolute atomic E-state index is 12.0. The van der Waals surface area contributed by atoms with E-state index in [-0.39, 0.29) is 11.7 Å². The zero-order valence-corrected chi connectivity index (χ0v) is 11.1. The van der Waals surface area contributed by atoms with Gasteiger partial charge in [0.15, 0.2) is 0 Å². The third kappa shape index (κ3) is 4.82. The first-order chi connectivity index (χ1) is 8.93. The molecule has 1 aromatic carbocycles. The van der Waals surface area contributed by atoms with E-state index in [9.17, 15) is 13.6 Å². The van der Waals surface area contributed by atoms with Crippen LogP contribution >= 0.6 is 0 Å².